The van der Waals surface area contributed by atoms with Crippen LogP contribution in [0.25, 0.3) is 0 Å². The minimum atomic E-state index is 0.0847. The summed E-state index contributed by atoms with van der Waals surface area (Å²) >= 11 is 0. The van der Waals surface area contributed by atoms with E-state index in [9.17, 15) is 9.59 Å². The molecule has 92 valence electrons. The Labute approximate surface area is 100 Å². The van der Waals surface area contributed by atoms with E-state index in [-0.39, 0.29) is 11.8 Å². The lowest BCUT2D eigenvalue weighted by Crippen LogP contribution is -2.50. The highest BCUT2D eigenvalue weighted by molar-refractivity contribution is 5.79. The van der Waals surface area contributed by atoms with Crippen molar-refractivity contribution in [3.63, 3.8) is 0 Å². The Morgan fingerprint density at radius 2 is 1.88 bits per heavy atom. The Kier molecular flexibility index (Phi) is 3.46. The third-order valence-electron chi connectivity index (χ3n) is 3.08. The van der Waals surface area contributed by atoms with Crippen LogP contribution in [0.5, 0.6) is 0 Å². The molecule has 1 saturated heterocycles. The van der Waals surface area contributed by atoms with Crippen LogP contribution >= 0.6 is 0 Å². The molecule has 0 aliphatic carbocycles. The van der Waals surface area contributed by atoms with E-state index in [0.29, 0.717) is 32.6 Å². The van der Waals surface area contributed by atoms with E-state index in [2.05, 4.69) is 4.98 Å². The number of aromatic amines is 1. The molecule has 1 N–H and O–H groups in total. The van der Waals surface area contributed by atoms with Gasteiger partial charge in [-0.3, -0.25) is 9.59 Å². The molecule has 0 unspecified atom stereocenters. The van der Waals surface area contributed by atoms with E-state index in [1.807, 2.05) is 23.2 Å². The molecule has 1 aliphatic rings. The van der Waals surface area contributed by atoms with Crippen LogP contribution in [0.2, 0.25) is 0 Å². The fourth-order valence-electron chi connectivity index (χ4n) is 2.02. The smallest absolute Gasteiger partial charge is 0.228 e. The summed E-state index contributed by atoms with van der Waals surface area (Å²) in [6.45, 7) is 4.13. The molecule has 2 heterocycles. The summed E-state index contributed by atoms with van der Waals surface area (Å²) < 4.78 is 0. The van der Waals surface area contributed by atoms with Gasteiger partial charge in [-0.2, -0.15) is 0 Å². The lowest BCUT2D eigenvalue weighted by Gasteiger charge is -2.34. The number of rotatable bonds is 2. The topological polar surface area (TPSA) is 56.4 Å². The van der Waals surface area contributed by atoms with Crippen molar-refractivity contribution >= 4 is 11.8 Å². The minimum absolute atomic E-state index is 0.0847. The summed E-state index contributed by atoms with van der Waals surface area (Å²) in [5.41, 5.74) is 0.934. The number of nitrogens with zero attached hydrogens (tertiary/aromatic N) is 2. The second-order valence-corrected chi connectivity index (χ2v) is 4.26. The van der Waals surface area contributed by atoms with Crippen LogP contribution in [0.4, 0.5) is 0 Å². The van der Waals surface area contributed by atoms with Gasteiger partial charge >= 0.3 is 0 Å². The largest absolute Gasteiger partial charge is 0.365 e. The second-order valence-electron chi connectivity index (χ2n) is 4.26. The Morgan fingerprint density at radius 1 is 1.24 bits per heavy atom. The van der Waals surface area contributed by atoms with Gasteiger partial charge in [-0.25, -0.2) is 0 Å². The third-order valence-corrected chi connectivity index (χ3v) is 3.08. The fraction of sp³-hybridized carbons (Fsp3) is 0.500. The highest BCUT2D eigenvalue weighted by Gasteiger charge is 2.22. The molecule has 0 atom stereocenters. The molecule has 17 heavy (non-hydrogen) atoms. The first-order valence-corrected chi connectivity index (χ1v) is 5.82. The highest BCUT2D eigenvalue weighted by atomic mass is 16.2. The molecular formula is C12H17N3O2. The molecule has 1 aromatic heterocycles. The number of H-pyrrole nitrogens is 1. The van der Waals surface area contributed by atoms with Gasteiger partial charge in [0.05, 0.1) is 6.42 Å². The van der Waals surface area contributed by atoms with E-state index in [1.54, 1.807) is 11.8 Å². The zero-order valence-corrected chi connectivity index (χ0v) is 9.98. The van der Waals surface area contributed by atoms with Crippen molar-refractivity contribution in [3.8, 4) is 0 Å². The van der Waals surface area contributed by atoms with Gasteiger partial charge in [-0.1, -0.05) is 0 Å². The standard InChI is InChI=1S/C12H17N3O2/c1-10(16)14-5-7-15(8-6-14)12(17)9-11-3-2-4-13-11/h2-4,13H,5-9H2,1H3. The van der Waals surface area contributed by atoms with Crippen LogP contribution in [0.1, 0.15) is 12.6 Å². The Balaban J connectivity index is 1.84. The van der Waals surface area contributed by atoms with Gasteiger partial charge in [0.15, 0.2) is 0 Å². The maximum absolute atomic E-state index is 11.9. The van der Waals surface area contributed by atoms with Crippen LogP contribution in [-0.2, 0) is 16.0 Å². The summed E-state index contributed by atoms with van der Waals surface area (Å²) in [6, 6.07) is 3.79. The number of carbonyl (C=O) groups excluding carboxylic acids is 2. The number of carbonyl (C=O) groups is 2. The average molecular weight is 235 g/mol. The van der Waals surface area contributed by atoms with Gasteiger partial charge < -0.3 is 14.8 Å². The maximum Gasteiger partial charge on any atom is 0.228 e. The fourth-order valence-corrected chi connectivity index (χ4v) is 2.02. The van der Waals surface area contributed by atoms with Crippen LogP contribution in [-0.4, -0.2) is 52.8 Å². The molecule has 0 saturated carbocycles. The van der Waals surface area contributed by atoms with E-state index < -0.39 is 0 Å². The number of hydrogen-bond donors (Lipinski definition) is 1. The summed E-state index contributed by atoms with van der Waals surface area (Å²) in [4.78, 5) is 29.7. The van der Waals surface area contributed by atoms with Crippen molar-refractivity contribution in [3.05, 3.63) is 24.0 Å². The predicted molar refractivity (Wildman–Crippen MR) is 63.3 cm³/mol. The van der Waals surface area contributed by atoms with Crippen molar-refractivity contribution < 1.29 is 9.59 Å². The van der Waals surface area contributed by atoms with Gasteiger partial charge in [0, 0.05) is 45.0 Å². The molecule has 0 radical (unpaired) electrons. The van der Waals surface area contributed by atoms with E-state index in [1.165, 1.54) is 0 Å². The van der Waals surface area contributed by atoms with Gasteiger partial charge in [-0.15, -0.1) is 0 Å². The van der Waals surface area contributed by atoms with Crippen LogP contribution in [0.15, 0.2) is 18.3 Å². The molecule has 0 spiro atoms. The maximum atomic E-state index is 11.9. The number of aromatic nitrogens is 1. The van der Waals surface area contributed by atoms with Gasteiger partial charge in [0.25, 0.3) is 0 Å². The lowest BCUT2D eigenvalue weighted by atomic mass is 10.2. The van der Waals surface area contributed by atoms with Crippen molar-refractivity contribution in [2.45, 2.75) is 13.3 Å². The molecule has 5 nitrogen and oxygen atoms in total. The molecule has 5 heteroatoms. The molecule has 2 amide bonds. The van der Waals surface area contributed by atoms with Crippen LogP contribution in [0.3, 0.4) is 0 Å². The Bertz CT molecular complexity index is 392. The molecule has 1 aliphatic heterocycles. The van der Waals surface area contributed by atoms with E-state index in [0.717, 1.165) is 5.69 Å². The summed E-state index contributed by atoms with van der Waals surface area (Å²) in [5, 5.41) is 0. The van der Waals surface area contributed by atoms with E-state index >= 15 is 0 Å². The zero-order chi connectivity index (χ0) is 12.3. The summed E-state index contributed by atoms with van der Waals surface area (Å²) in [6.07, 6.45) is 2.23. The van der Waals surface area contributed by atoms with Crippen molar-refractivity contribution in [2.75, 3.05) is 26.2 Å². The third kappa shape index (κ3) is 2.87. The van der Waals surface area contributed by atoms with Crippen molar-refractivity contribution in [2.24, 2.45) is 0 Å². The molecule has 1 aromatic rings. The summed E-state index contributed by atoms with van der Waals surface area (Å²) in [5.74, 6) is 0.206. The highest BCUT2D eigenvalue weighted by Crippen LogP contribution is 2.05. The quantitative estimate of drug-likeness (QED) is 0.798. The van der Waals surface area contributed by atoms with Crippen LogP contribution in [0, 0.1) is 0 Å². The van der Waals surface area contributed by atoms with Gasteiger partial charge in [0.1, 0.15) is 0 Å². The number of amides is 2. The summed E-state index contributed by atoms with van der Waals surface area (Å²) in [7, 11) is 0. The zero-order valence-electron chi connectivity index (χ0n) is 9.98. The van der Waals surface area contributed by atoms with Crippen molar-refractivity contribution in [1.29, 1.82) is 0 Å². The monoisotopic (exact) mass is 235 g/mol. The molecule has 2 rings (SSSR count). The molecule has 0 aromatic carbocycles. The molecule has 1 fully saturated rings. The number of hydrogen-bond acceptors (Lipinski definition) is 2. The first kappa shape index (κ1) is 11.7. The first-order chi connectivity index (χ1) is 8.16. The number of nitrogens with one attached hydrogen (secondary N) is 1. The SMILES string of the molecule is CC(=O)N1CCN(C(=O)Cc2ccc[nH]2)CC1. The van der Waals surface area contributed by atoms with Crippen molar-refractivity contribution in [1.82, 2.24) is 14.8 Å². The minimum Gasteiger partial charge on any atom is -0.365 e. The molecular weight excluding hydrogens is 218 g/mol. The van der Waals surface area contributed by atoms with Gasteiger partial charge in [-0.05, 0) is 12.1 Å². The lowest BCUT2D eigenvalue weighted by molar-refractivity contribution is -0.138. The normalized spacial score (nSPS) is 16.1. The molecule has 0 bridgehead atoms. The van der Waals surface area contributed by atoms with Gasteiger partial charge in [0.2, 0.25) is 11.8 Å². The second kappa shape index (κ2) is 5.03. The van der Waals surface area contributed by atoms with Crippen LogP contribution < -0.4 is 0 Å². The Hall–Kier alpha value is -1.78. The number of piperazine rings is 1. The first-order valence-electron chi connectivity index (χ1n) is 5.82. The predicted octanol–water partition coefficient (Wildman–Crippen LogP) is 0.248. The van der Waals surface area contributed by atoms with E-state index in [4.69, 9.17) is 0 Å². The Morgan fingerprint density at radius 3 is 2.41 bits per heavy atom. The average Bonchev–Trinajstić information content (AvgIpc) is 2.82.